The van der Waals surface area contributed by atoms with Gasteiger partial charge in [0, 0.05) is 23.6 Å². The summed E-state index contributed by atoms with van der Waals surface area (Å²) in [6.45, 7) is 2.74. The number of halogens is 1. The molecule has 2 unspecified atom stereocenters. The van der Waals surface area contributed by atoms with E-state index in [4.69, 9.17) is 4.74 Å². The third-order valence-electron chi connectivity index (χ3n) is 3.38. The highest BCUT2D eigenvalue weighted by Crippen LogP contribution is 2.30. The molecule has 1 N–H and O–H groups in total. The fourth-order valence-corrected chi connectivity index (χ4v) is 2.93. The van der Waals surface area contributed by atoms with E-state index in [1.165, 1.54) is 10.0 Å². The molecule has 1 heterocycles. The molecule has 2 rings (SSSR count). The molecule has 1 fully saturated rings. The molecule has 1 aliphatic heterocycles. The second-order valence-corrected chi connectivity index (χ2v) is 5.79. The number of morpholine rings is 1. The van der Waals surface area contributed by atoms with Gasteiger partial charge in [0.15, 0.2) is 0 Å². The standard InChI is InChI=1S/C14H21BrN2O/c1-17(2)14(9-11-10-16-7-8-18-11)12-5-3-4-6-13(12)15/h3-6,11,14,16H,7-10H2,1-2H3. The molecule has 0 saturated carbocycles. The molecule has 18 heavy (non-hydrogen) atoms. The van der Waals surface area contributed by atoms with Gasteiger partial charge in [-0.2, -0.15) is 0 Å². The zero-order chi connectivity index (χ0) is 13.0. The van der Waals surface area contributed by atoms with Crippen molar-refractivity contribution in [1.29, 1.82) is 0 Å². The summed E-state index contributed by atoms with van der Waals surface area (Å²) in [4.78, 5) is 2.26. The van der Waals surface area contributed by atoms with Gasteiger partial charge in [0.2, 0.25) is 0 Å². The normalized spacial score (nSPS) is 22.1. The maximum absolute atomic E-state index is 5.82. The summed E-state index contributed by atoms with van der Waals surface area (Å²) >= 11 is 3.65. The van der Waals surface area contributed by atoms with Crippen LogP contribution in [0.4, 0.5) is 0 Å². The summed E-state index contributed by atoms with van der Waals surface area (Å²) in [5.74, 6) is 0. The average Bonchev–Trinajstić information content (AvgIpc) is 2.38. The molecule has 1 aromatic rings. The van der Waals surface area contributed by atoms with E-state index in [-0.39, 0.29) is 0 Å². The van der Waals surface area contributed by atoms with Crippen LogP contribution < -0.4 is 5.32 Å². The molecule has 0 spiro atoms. The van der Waals surface area contributed by atoms with Gasteiger partial charge < -0.3 is 15.0 Å². The Morgan fingerprint density at radius 3 is 2.83 bits per heavy atom. The van der Waals surface area contributed by atoms with Gasteiger partial charge in [-0.15, -0.1) is 0 Å². The first kappa shape index (κ1) is 14.0. The predicted molar refractivity (Wildman–Crippen MR) is 77.8 cm³/mol. The quantitative estimate of drug-likeness (QED) is 0.924. The molecule has 3 nitrogen and oxygen atoms in total. The molecule has 0 aromatic heterocycles. The molecule has 2 atom stereocenters. The summed E-state index contributed by atoms with van der Waals surface area (Å²) in [6, 6.07) is 8.82. The van der Waals surface area contributed by atoms with E-state index >= 15 is 0 Å². The Balaban J connectivity index is 2.10. The molecular weight excluding hydrogens is 292 g/mol. The highest BCUT2D eigenvalue weighted by atomic mass is 79.9. The Morgan fingerprint density at radius 1 is 1.44 bits per heavy atom. The second kappa shape index (κ2) is 6.66. The Kier molecular flexibility index (Phi) is 5.18. The van der Waals surface area contributed by atoms with Gasteiger partial charge in [0.1, 0.15) is 0 Å². The monoisotopic (exact) mass is 312 g/mol. The van der Waals surface area contributed by atoms with Crippen LogP contribution in [-0.4, -0.2) is 44.8 Å². The van der Waals surface area contributed by atoms with E-state index in [1.807, 2.05) is 0 Å². The predicted octanol–water partition coefficient (Wildman–Crippen LogP) is 2.43. The Morgan fingerprint density at radius 2 is 2.22 bits per heavy atom. The highest BCUT2D eigenvalue weighted by molar-refractivity contribution is 9.10. The lowest BCUT2D eigenvalue weighted by atomic mass is 9.99. The zero-order valence-corrected chi connectivity index (χ0v) is 12.6. The largest absolute Gasteiger partial charge is 0.376 e. The van der Waals surface area contributed by atoms with Gasteiger partial charge in [-0.05, 0) is 32.1 Å². The number of nitrogens with one attached hydrogen (secondary N) is 1. The maximum Gasteiger partial charge on any atom is 0.0718 e. The van der Waals surface area contributed by atoms with Crippen LogP contribution in [0.5, 0.6) is 0 Å². The lowest BCUT2D eigenvalue weighted by Gasteiger charge is -2.31. The van der Waals surface area contributed by atoms with E-state index < -0.39 is 0 Å². The van der Waals surface area contributed by atoms with Gasteiger partial charge >= 0.3 is 0 Å². The maximum atomic E-state index is 5.82. The molecule has 100 valence electrons. The summed E-state index contributed by atoms with van der Waals surface area (Å²) in [6.07, 6.45) is 1.32. The van der Waals surface area contributed by atoms with E-state index in [1.54, 1.807) is 0 Å². The first-order valence-electron chi connectivity index (χ1n) is 6.41. The minimum atomic E-state index is 0.304. The summed E-state index contributed by atoms with van der Waals surface area (Å²) in [5, 5.41) is 3.39. The number of nitrogens with zero attached hydrogens (tertiary/aromatic N) is 1. The lowest BCUT2D eigenvalue weighted by Crippen LogP contribution is -2.40. The minimum Gasteiger partial charge on any atom is -0.376 e. The fraction of sp³-hybridized carbons (Fsp3) is 0.571. The van der Waals surface area contributed by atoms with Crippen LogP contribution in [0.3, 0.4) is 0 Å². The van der Waals surface area contributed by atoms with Crippen molar-refractivity contribution in [2.45, 2.75) is 18.6 Å². The van der Waals surface area contributed by atoms with Gasteiger partial charge in [-0.1, -0.05) is 34.1 Å². The third kappa shape index (κ3) is 3.54. The number of benzene rings is 1. The van der Waals surface area contributed by atoms with Gasteiger partial charge in [-0.3, -0.25) is 0 Å². The number of rotatable bonds is 4. The SMILES string of the molecule is CN(C)C(CC1CNCCO1)c1ccccc1Br. The van der Waals surface area contributed by atoms with Gasteiger partial charge in [0.25, 0.3) is 0 Å². The van der Waals surface area contributed by atoms with Crippen molar-refractivity contribution in [3.63, 3.8) is 0 Å². The number of hydrogen-bond donors (Lipinski definition) is 1. The molecule has 1 aliphatic rings. The lowest BCUT2D eigenvalue weighted by molar-refractivity contribution is 0.00887. The number of hydrogen-bond acceptors (Lipinski definition) is 3. The van der Waals surface area contributed by atoms with Crippen molar-refractivity contribution in [2.75, 3.05) is 33.8 Å². The molecule has 1 saturated heterocycles. The second-order valence-electron chi connectivity index (χ2n) is 4.93. The van der Waals surface area contributed by atoms with Crippen LogP contribution in [-0.2, 0) is 4.74 Å². The van der Waals surface area contributed by atoms with Crippen LogP contribution in [0.2, 0.25) is 0 Å². The zero-order valence-electron chi connectivity index (χ0n) is 11.0. The van der Waals surface area contributed by atoms with Crippen molar-refractivity contribution in [3.05, 3.63) is 34.3 Å². The van der Waals surface area contributed by atoms with Crippen LogP contribution in [0, 0.1) is 0 Å². The van der Waals surface area contributed by atoms with Crippen LogP contribution in [0.15, 0.2) is 28.7 Å². The van der Waals surface area contributed by atoms with Crippen molar-refractivity contribution < 1.29 is 4.74 Å². The summed E-state index contributed by atoms with van der Waals surface area (Å²) in [7, 11) is 4.25. The van der Waals surface area contributed by atoms with Crippen molar-refractivity contribution >= 4 is 15.9 Å². The molecule has 0 aliphatic carbocycles. The van der Waals surface area contributed by atoms with Crippen LogP contribution in [0.1, 0.15) is 18.0 Å². The molecular formula is C14H21BrN2O. The molecule has 0 amide bonds. The summed E-state index contributed by atoms with van der Waals surface area (Å²) < 4.78 is 6.99. The van der Waals surface area contributed by atoms with E-state index in [9.17, 15) is 0 Å². The molecule has 0 bridgehead atoms. The molecule has 0 radical (unpaired) electrons. The smallest absolute Gasteiger partial charge is 0.0718 e. The minimum absolute atomic E-state index is 0.304. The Hall–Kier alpha value is -0.420. The topological polar surface area (TPSA) is 24.5 Å². The molecule has 1 aromatic carbocycles. The number of ether oxygens (including phenoxy) is 1. The van der Waals surface area contributed by atoms with E-state index in [0.717, 1.165) is 26.1 Å². The first-order chi connectivity index (χ1) is 8.68. The first-order valence-corrected chi connectivity index (χ1v) is 7.21. The highest BCUT2D eigenvalue weighted by Gasteiger charge is 2.23. The van der Waals surface area contributed by atoms with Crippen molar-refractivity contribution in [3.8, 4) is 0 Å². The van der Waals surface area contributed by atoms with E-state index in [0.29, 0.717) is 12.1 Å². The van der Waals surface area contributed by atoms with Crippen LogP contribution >= 0.6 is 15.9 Å². The van der Waals surface area contributed by atoms with E-state index in [2.05, 4.69) is 64.5 Å². The van der Waals surface area contributed by atoms with Crippen LogP contribution in [0.25, 0.3) is 0 Å². The fourth-order valence-electron chi connectivity index (χ4n) is 2.38. The molecule has 4 heteroatoms. The van der Waals surface area contributed by atoms with Crippen molar-refractivity contribution in [2.24, 2.45) is 0 Å². The van der Waals surface area contributed by atoms with Gasteiger partial charge in [-0.25, -0.2) is 0 Å². The van der Waals surface area contributed by atoms with Crippen molar-refractivity contribution in [1.82, 2.24) is 10.2 Å². The van der Waals surface area contributed by atoms with Gasteiger partial charge in [0.05, 0.1) is 12.7 Å². The summed E-state index contributed by atoms with van der Waals surface area (Å²) in [5.41, 5.74) is 1.33. The Labute approximate surface area is 118 Å². The Bertz CT molecular complexity index is 378. The third-order valence-corrected chi connectivity index (χ3v) is 4.10. The average molecular weight is 313 g/mol.